The van der Waals surface area contributed by atoms with Gasteiger partial charge >= 0.3 is 0 Å². The Balaban J connectivity index is 2.39. The summed E-state index contributed by atoms with van der Waals surface area (Å²) in [4.78, 5) is 0. The zero-order valence-corrected chi connectivity index (χ0v) is 10.6. The third kappa shape index (κ3) is 1.50. The number of halogens is 2. The van der Waals surface area contributed by atoms with Crippen LogP contribution in [0.5, 0.6) is 0 Å². The van der Waals surface area contributed by atoms with Crippen LogP contribution in [0.15, 0.2) is 22.7 Å². The summed E-state index contributed by atoms with van der Waals surface area (Å²) in [6.07, 6.45) is 0. The van der Waals surface area contributed by atoms with E-state index in [0.29, 0.717) is 5.92 Å². The highest BCUT2D eigenvalue weighted by Crippen LogP contribution is 2.58. The average molecular weight is 275 g/mol. The molecule has 0 amide bonds. The molecule has 0 saturated heterocycles. The van der Waals surface area contributed by atoms with Crippen molar-refractivity contribution in [1.82, 2.24) is 0 Å². The van der Waals surface area contributed by atoms with Crippen LogP contribution in [0.1, 0.15) is 25.3 Å². The first-order chi connectivity index (χ1) is 6.44. The monoisotopic (exact) mass is 273 g/mol. The first kappa shape index (κ1) is 10.5. The Bertz CT molecular complexity index is 376. The van der Waals surface area contributed by atoms with Crippen LogP contribution in [0.4, 0.5) is 0 Å². The van der Waals surface area contributed by atoms with Crippen LogP contribution in [0.3, 0.4) is 0 Å². The Morgan fingerprint density at radius 2 is 2.00 bits per heavy atom. The van der Waals surface area contributed by atoms with Crippen molar-refractivity contribution in [1.29, 1.82) is 0 Å². The Kier molecular flexibility index (Phi) is 2.41. The average Bonchev–Trinajstić information content (AvgIpc) is 2.58. The molecule has 0 bridgehead atoms. The molecule has 1 saturated carbocycles. The molecule has 1 aliphatic rings. The highest BCUT2D eigenvalue weighted by molar-refractivity contribution is 9.10. The molecule has 14 heavy (non-hydrogen) atoms. The molecule has 1 aromatic rings. The SMILES string of the molecule is CC1(C)[C@H](N)[C@H]1c1cc(Br)ccc1Cl. The standard InChI is InChI=1S/C11H13BrClN/c1-11(2)9(10(11)14)7-5-6(12)3-4-8(7)13/h3-5,9-10H,14H2,1-2H3/t9-,10-/m1/s1. The molecule has 2 rings (SSSR count). The number of rotatable bonds is 1. The molecule has 1 aliphatic carbocycles. The summed E-state index contributed by atoms with van der Waals surface area (Å²) in [5, 5.41) is 0.819. The molecule has 2 atom stereocenters. The molecular weight excluding hydrogens is 261 g/mol. The maximum absolute atomic E-state index is 6.15. The quantitative estimate of drug-likeness (QED) is 0.833. The van der Waals surface area contributed by atoms with Gasteiger partial charge in [0.1, 0.15) is 0 Å². The van der Waals surface area contributed by atoms with Gasteiger partial charge < -0.3 is 5.73 Å². The summed E-state index contributed by atoms with van der Waals surface area (Å²) >= 11 is 9.60. The van der Waals surface area contributed by atoms with Crippen molar-refractivity contribution >= 4 is 27.5 Å². The van der Waals surface area contributed by atoms with Crippen LogP contribution < -0.4 is 5.73 Å². The van der Waals surface area contributed by atoms with Gasteiger partial charge in [0.25, 0.3) is 0 Å². The molecule has 76 valence electrons. The second-order valence-corrected chi connectivity index (χ2v) is 5.81. The van der Waals surface area contributed by atoms with Crippen LogP contribution in [-0.2, 0) is 0 Å². The van der Waals surface area contributed by atoms with Gasteiger partial charge in [-0.2, -0.15) is 0 Å². The fraction of sp³-hybridized carbons (Fsp3) is 0.455. The van der Waals surface area contributed by atoms with E-state index in [4.69, 9.17) is 17.3 Å². The van der Waals surface area contributed by atoms with E-state index in [2.05, 4.69) is 35.8 Å². The molecule has 0 spiro atoms. The van der Waals surface area contributed by atoms with E-state index in [0.717, 1.165) is 9.50 Å². The van der Waals surface area contributed by atoms with Gasteiger partial charge in [0.2, 0.25) is 0 Å². The third-order valence-corrected chi connectivity index (χ3v) is 4.04. The van der Waals surface area contributed by atoms with Crippen molar-refractivity contribution < 1.29 is 0 Å². The Hall–Kier alpha value is -0.0500. The van der Waals surface area contributed by atoms with E-state index in [9.17, 15) is 0 Å². The molecule has 0 radical (unpaired) electrons. The largest absolute Gasteiger partial charge is 0.327 e. The number of hydrogen-bond acceptors (Lipinski definition) is 1. The lowest BCUT2D eigenvalue weighted by molar-refractivity contribution is 0.599. The van der Waals surface area contributed by atoms with Crippen molar-refractivity contribution in [3.63, 3.8) is 0 Å². The maximum atomic E-state index is 6.15. The highest BCUT2D eigenvalue weighted by Gasteiger charge is 2.56. The summed E-state index contributed by atoms with van der Waals surface area (Å²) in [6, 6.07) is 6.17. The Morgan fingerprint density at radius 3 is 2.50 bits per heavy atom. The lowest BCUT2D eigenvalue weighted by Gasteiger charge is -2.05. The van der Waals surface area contributed by atoms with E-state index in [-0.39, 0.29) is 11.5 Å². The van der Waals surface area contributed by atoms with Gasteiger partial charge in [-0.05, 0) is 29.2 Å². The molecule has 0 unspecified atom stereocenters. The molecule has 3 heteroatoms. The van der Waals surface area contributed by atoms with Gasteiger partial charge in [-0.3, -0.25) is 0 Å². The van der Waals surface area contributed by atoms with Crippen LogP contribution in [0.2, 0.25) is 5.02 Å². The predicted molar refractivity (Wildman–Crippen MR) is 63.6 cm³/mol. The van der Waals surface area contributed by atoms with E-state index >= 15 is 0 Å². The van der Waals surface area contributed by atoms with Crippen LogP contribution >= 0.6 is 27.5 Å². The second kappa shape index (κ2) is 3.22. The lowest BCUT2D eigenvalue weighted by Crippen LogP contribution is -2.06. The Morgan fingerprint density at radius 1 is 1.43 bits per heavy atom. The summed E-state index contributed by atoms with van der Waals surface area (Å²) in [7, 11) is 0. The number of nitrogens with two attached hydrogens (primary N) is 1. The van der Waals surface area contributed by atoms with Gasteiger partial charge in [-0.15, -0.1) is 0 Å². The number of hydrogen-bond donors (Lipinski definition) is 1. The van der Waals surface area contributed by atoms with Gasteiger partial charge in [-0.25, -0.2) is 0 Å². The molecule has 0 aromatic heterocycles. The number of benzene rings is 1. The minimum absolute atomic E-state index is 0.185. The predicted octanol–water partition coefficient (Wildman–Crippen LogP) is 3.55. The zero-order valence-electron chi connectivity index (χ0n) is 8.22. The van der Waals surface area contributed by atoms with Gasteiger partial charge in [0.05, 0.1) is 0 Å². The molecule has 1 nitrogen and oxygen atoms in total. The minimum atomic E-state index is 0.185. The normalized spacial score (nSPS) is 28.9. The van der Waals surface area contributed by atoms with Crippen LogP contribution in [-0.4, -0.2) is 6.04 Å². The highest BCUT2D eigenvalue weighted by atomic mass is 79.9. The van der Waals surface area contributed by atoms with Crippen LogP contribution in [0, 0.1) is 5.41 Å². The van der Waals surface area contributed by atoms with E-state index in [1.54, 1.807) is 0 Å². The van der Waals surface area contributed by atoms with Crippen LogP contribution in [0.25, 0.3) is 0 Å². The third-order valence-electron chi connectivity index (χ3n) is 3.20. The van der Waals surface area contributed by atoms with Crippen molar-refractivity contribution in [2.75, 3.05) is 0 Å². The molecule has 1 fully saturated rings. The van der Waals surface area contributed by atoms with Gasteiger partial charge in [-0.1, -0.05) is 41.4 Å². The fourth-order valence-electron chi connectivity index (χ4n) is 2.02. The van der Waals surface area contributed by atoms with Crippen molar-refractivity contribution in [3.05, 3.63) is 33.3 Å². The summed E-state index contributed by atoms with van der Waals surface area (Å²) in [5.41, 5.74) is 7.37. The smallest absolute Gasteiger partial charge is 0.0442 e. The van der Waals surface area contributed by atoms with Crippen molar-refractivity contribution in [2.45, 2.75) is 25.8 Å². The van der Waals surface area contributed by atoms with E-state index in [1.807, 2.05) is 12.1 Å². The fourth-order valence-corrected chi connectivity index (χ4v) is 2.64. The summed E-state index contributed by atoms with van der Waals surface area (Å²) < 4.78 is 1.06. The molecule has 0 heterocycles. The van der Waals surface area contributed by atoms with Gasteiger partial charge in [0, 0.05) is 21.5 Å². The van der Waals surface area contributed by atoms with E-state index < -0.39 is 0 Å². The molecule has 1 aromatic carbocycles. The maximum Gasteiger partial charge on any atom is 0.0442 e. The summed E-state index contributed by atoms with van der Waals surface area (Å²) in [5.74, 6) is 0.396. The molecular formula is C11H13BrClN. The lowest BCUT2D eigenvalue weighted by atomic mass is 10.0. The first-order valence-corrected chi connectivity index (χ1v) is 5.82. The van der Waals surface area contributed by atoms with Crippen molar-refractivity contribution in [2.24, 2.45) is 11.1 Å². The van der Waals surface area contributed by atoms with E-state index in [1.165, 1.54) is 5.56 Å². The zero-order chi connectivity index (χ0) is 10.5. The Labute approximate surface area is 97.8 Å². The molecule has 2 N–H and O–H groups in total. The van der Waals surface area contributed by atoms with Gasteiger partial charge in [0.15, 0.2) is 0 Å². The minimum Gasteiger partial charge on any atom is -0.327 e. The van der Waals surface area contributed by atoms with Crippen molar-refractivity contribution in [3.8, 4) is 0 Å². The summed E-state index contributed by atoms with van der Waals surface area (Å²) in [6.45, 7) is 4.36. The molecule has 0 aliphatic heterocycles. The second-order valence-electron chi connectivity index (χ2n) is 4.49. The first-order valence-electron chi connectivity index (χ1n) is 4.65. The topological polar surface area (TPSA) is 26.0 Å².